The van der Waals surface area contributed by atoms with E-state index in [2.05, 4.69) is 0 Å². The number of rotatable bonds is 5. The summed E-state index contributed by atoms with van der Waals surface area (Å²) in [4.78, 5) is 24.0. The van der Waals surface area contributed by atoms with Gasteiger partial charge in [-0.25, -0.2) is 4.79 Å². The molecule has 0 aliphatic heterocycles. The van der Waals surface area contributed by atoms with Crippen molar-refractivity contribution < 1.29 is 14.7 Å². The Morgan fingerprint density at radius 3 is 2.37 bits per heavy atom. The van der Waals surface area contributed by atoms with Gasteiger partial charge >= 0.3 is 5.97 Å². The average Bonchev–Trinajstić information content (AvgIpc) is 2.31. The molecule has 1 amide bonds. The van der Waals surface area contributed by atoms with Crippen LogP contribution in [0.2, 0.25) is 5.02 Å². The van der Waals surface area contributed by atoms with Crippen molar-refractivity contribution in [1.82, 2.24) is 0 Å². The van der Waals surface area contributed by atoms with E-state index in [9.17, 15) is 14.7 Å². The van der Waals surface area contributed by atoms with E-state index < -0.39 is 17.4 Å². The number of primary amides is 1. The molecule has 0 radical (unpaired) electrons. The molecule has 0 unspecified atom stereocenters. The van der Waals surface area contributed by atoms with Crippen molar-refractivity contribution in [2.24, 2.45) is 5.73 Å². The highest BCUT2D eigenvalue weighted by atomic mass is 35.5. The van der Waals surface area contributed by atoms with Crippen LogP contribution in [0.3, 0.4) is 0 Å². The van der Waals surface area contributed by atoms with Gasteiger partial charge in [-0.15, -0.1) is 0 Å². The van der Waals surface area contributed by atoms with E-state index in [0.717, 1.165) is 0 Å². The molecule has 1 rings (SSSR count). The summed E-state index contributed by atoms with van der Waals surface area (Å²) in [6.45, 7) is 5.49. The molecule has 6 heteroatoms. The molecule has 0 saturated heterocycles. The first kappa shape index (κ1) is 15.3. The van der Waals surface area contributed by atoms with Crippen LogP contribution < -0.4 is 10.6 Å². The van der Waals surface area contributed by atoms with Crippen LogP contribution in [-0.2, 0) is 4.79 Å². The Labute approximate surface area is 117 Å². The fourth-order valence-corrected chi connectivity index (χ4v) is 2.14. The van der Waals surface area contributed by atoms with E-state index in [1.807, 2.05) is 6.92 Å². The van der Waals surface area contributed by atoms with E-state index in [1.165, 1.54) is 12.1 Å². The second-order valence-corrected chi connectivity index (χ2v) is 5.05. The maximum atomic E-state index is 11.3. The Bertz CT molecular complexity index is 515. The van der Waals surface area contributed by atoms with E-state index in [0.29, 0.717) is 17.3 Å². The number of aliphatic carboxylic acids is 1. The van der Waals surface area contributed by atoms with Gasteiger partial charge in [-0.2, -0.15) is 0 Å². The number of carbonyl (C=O) groups is 2. The lowest BCUT2D eigenvalue weighted by molar-refractivity contribution is -0.142. The van der Waals surface area contributed by atoms with E-state index in [1.54, 1.807) is 24.8 Å². The number of carboxylic acid groups (broad SMARTS) is 1. The zero-order chi connectivity index (χ0) is 14.8. The molecule has 0 saturated carbocycles. The van der Waals surface area contributed by atoms with Gasteiger partial charge in [0.2, 0.25) is 5.91 Å². The highest BCUT2D eigenvalue weighted by molar-refractivity contribution is 6.33. The summed E-state index contributed by atoms with van der Waals surface area (Å²) >= 11 is 6.12. The number of halogens is 1. The molecular formula is C13H17ClN2O3. The number of amides is 1. The molecule has 5 nitrogen and oxygen atoms in total. The van der Waals surface area contributed by atoms with Gasteiger partial charge in [-0.05, 0) is 39.0 Å². The number of nitrogens with zero attached hydrogens (tertiary/aromatic N) is 1. The quantitative estimate of drug-likeness (QED) is 0.867. The second kappa shape index (κ2) is 5.48. The summed E-state index contributed by atoms with van der Waals surface area (Å²) in [6, 6.07) is 4.58. The number of hydrogen-bond donors (Lipinski definition) is 2. The van der Waals surface area contributed by atoms with Gasteiger partial charge in [0.05, 0.1) is 10.7 Å². The predicted molar refractivity (Wildman–Crippen MR) is 74.7 cm³/mol. The lowest BCUT2D eigenvalue weighted by Gasteiger charge is -2.36. The van der Waals surface area contributed by atoms with Gasteiger partial charge in [-0.3, -0.25) is 4.79 Å². The van der Waals surface area contributed by atoms with Crippen LogP contribution in [-0.4, -0.2) is 29.1 Å². The highest BCUT2D eigenvalue weighted by Crippen LogP contribution is 2.31. The van der Waals surface area contributed by atoms with Crippen LogP contribution >= 0.6 is 11.6 Å². The third-order valence-electron chi connectivity index (χ3n) is 3.04. The van der Waals surface area contributed by atoms with Gasteiger partial charge in [0.25, 0.3) is 0 Å². The number of anilines is 1. The van der Waals surface area contributed by atoms with Crippen LogP contribution in [0.25, 0.3) is 0 Å². The first-order chi connectivity index (χ1) is 8.71. The van der Waals surface area contributed by atoms with Crippen molar-refractivity contribution in [2.75, 3.05) is 11.4 Å². The topological polar surface area (TPSA) is 83.6 Å². The van der Waals surface area contributed by atoms with Gasteiger partial charge < -0.3 is 15.7 Å². The molecule has 0 aliphatic carbocycles. The van der Waals surface area contributed by atoms with Crippen molar-refractivity contribution in [1.29, 1.82) is 0 Å². The number of benzene rings is 1. The summed E-state index contributed by atoms with van der Waals surface area (Å²) in [6.07, 6.45) is 0. The molecule has 0 spiro atoms. The molecule has 0 atom stereocenters. The zero-order valence-electron chi connectivity index (χ0n) is 11.1. The SMILES string of the molecule is CCN(c1ccc(C(N)=O)cc1Cl)C(C)(C)C(=O)O. The standard InChI is InChI=1S/C13H17ClN2O3/c1-4-16(13(2,3)12(18)19)10-6-5-8(11(15)17)7-9(10)14/h5-7H,4H2,1-3H3,(H2,15,17)(H,18,19). The lowest BCUT2D eigenvalue weighted by Crippen LogP contribution is -2.50. The summed E-state index contributed by atoms with van der Waals surface area (Å²) < 4.78 is 0. The van der Waals surface area contributed by atoms with Gasteiger partial charge in [0.1, 0.15) is 5.54 Å². The van der Waals surface area contributed by atoms with Crippen LogP contribution in [0.1, 0.15) is 31.1 Å². The summed E-state index contributed by atoms with van der Waals surface area (Å²) in [5.74, 6) is -1.53. The van der Waals surface area contributed by atoms with Crippen molar-refractivity contribution in [3.63, 3.8) is 0 Å². The Kier molecular flexibility index (Phi) is 4.42. The fourth-order valence-electron chi connectivity index (χ4n) is 1.86. The number of hydrogen-bond acceptors (Lipinski definition) is 3. The minimum atomic E-state index is -1.10. The highest BCUT2D eigenvalue weighted by Gasteiger charge is 2.34. The molecule has 104 valence electrons. The molecule has 0 bridgehead atoms. The molecule has 0 aromatic heterocycles. The smallest absolute Gasteiger partial charge is 0.328 e. The fraction of sp³-hybridized carbons (Fsp3) is 0.385. The minimum Gasteiger partial charge on any atom is -0.480 e. The van der Waals surface area contributed by atoms with Gasteiger partial charge in [0, 0.05) is 12.1 Å². The predicted octanol–water partition coefficient (Wildman–Crippen LogP) is 2.13. The minimum absolute atomic E-state index is 0.290. The van der Waals surface area contributed by atoms with Crippen molar-refractivity contribution in [2.45, 2.75) is 26.3 Å². The molecule has 0 heterocycles. The third-order valence-corrected chi connectivity index (χ3v) is 3.34. The summed E-state index contributed by atoms with van der Waals surface area (Å²) in [5.41, 5.74) is 4.91. The number of carboxylic acids is 1. The molecule has 1 aromatic rings. The second-order valence-electron chi connectivity index (χ2n) is 4.64. The number of nitrogens with two attached hydrogens (primary N) is 1. The van der Waals surface area contributed by atoms with E-state index >= 15 is 0 Å². The van der Waals surface area contributed by atoms with Crippen molar-refractivity contribution in [3.05, 3.63) is 28.8 Å². The summed E-state index contributed by atoms with van der Waals surface area (Å²) in [7, 11) is 0. The van der Waals surface area contributed by atoms with E-state index in [4.69, 9.17) is 17.3 Å². The van der Waals surface area contributed by atoms with Crippen LogP contribution in [0.4, 0.5) is 5.69 Å². The Morgan fingerprint density at radius 2 is 2.00 bits per heavy atom. The van der Waals surface area contributed by atoms with Crippen molar-refractivity contribution in [3.8, 4) is 0 Å². The van der Waals surface area contributed by atoms with E-state index in [-0.39, 0.29) is 5.56 Å². The lowest BCUT2D eigenvalue weighted by atomic mass is 10.0. The van der Waals surface area contributed by atoms with Crippen molar-refractivity contribution >= 4 is 29.2 Å². The molecular weight excluding hydrogens is 268 g/mol. The summed E-state index contributed by atoms with van der Waals surface area (Å²) in [5, 5.41) is 9.58. The van der Waals surface area contributed by atoms with Crippen LogP contribution in [0.5, 0.6) is 0 Å². The molecule has 0 aliphatic rings. The maximum absolute atomic E-state index is 11.3. The molecule has 0 fully saturated rings. The Morgan fingerprint density at radius 1 is 1.42 bits per heavy atom. The Balaban J connectivity index is 3.27. The number of carbonyl (C=O) groups excluding carboxylic acids is 1. The first-order valence-corrected chi connectivity index (χ1v) is 6.20. The van der Waals surface area contributed by atoms with Gasteiger partial charge in [0.15, 0.2) is 0 Å². The maximum Gasteiger partial charge on any atom is 0.328 e. The molecule has 19 heavy (non-hydrogen) atoms. The average molecular weight is 285 g/mol. The Hall–Kier alpha value is -1.75. The van der Waals surface area contributed by atoms with Crippen LogP contribution in [0, 0.1) is 0 Å². The van der Waals surface area contributed by atoms with Crippen LogP contribution in [0.15, 0.2) is 18.2 Å². The third kappa shape index (κ3) is 2.98. The normalized spacial score (nSPS) is 11.2. The van der Waals surface area contributed by atoms with Gasteiger partial charge in [-0.1, -0.05) is 11.6 Å². The monoisotopic (exact) mass is 284 g/mol. The first-order valence-electron chi connectivity index (χ1n) is 5.82. The zero-order valence-corrected chi connectivity index (χ0v) is 11.9. The molecule has 1 aromatic carbocycles. The molecule has 3 N–H and O–H groups in total. The number of likely N-dealkylation sites (N-methyl/N-ethyl adjacent to an activating group) is 1. The largest absolute Gasteiger partial charge is 0.480 e.